The minimum atomic E-state index is -1.00. The fourth-order valence-corrected chi connectivity index (χ4v) is 3.24. The topological polar surface area (TPSA) is 82.9 Å². The van der Waals surface area contributed by atoms with Crippen molar-refractivity contribution in [3.63, 3.8) is 0 Å². The van der Waals surface area contributed by atoms with Gasteiger partial charge in [0, 0.05) is 18.1 Å². The van der Waals surface area contributed by atoms with Crippen molar-refractivity contribution in [1.29, 1.82) is 0 Å². The molecule has 1 unspecified atom stereocenters. The number of aliphatic imine (C=N–C) groups is 1. The third kappa shape index (κ3) is 3.21. The molecule has 0 aromatic carbocycles. The lowest BCUT2D eigenvalue weighted by Gasteiger charge is -2.12. The second-order valence-corrected chi connectivity index (χ2v) is 5.69. The van der Waals surface area contributed by atoms with Crippen LogP contribution in [0, 0.1) is 0 Å². The van der Waals surface area contributed by atoms with E-state index in [-0.39, 0.29) is 12.3 Å². The largest absolute Gasteiger partial charge is 0.481 e. The molecular formula is C11H11N3O3S2. The second-order valence-electron chi connectivity index (χ2n) is 3.65. The molecule has 0 aliphatic carbocycles. The van der Waals surface area contributed by atoms with Crippen molar-refractivity contribution in [2.45, 2.75) is 11.7 Å². The molecule has 1 atom stereocenters. The normalized spacial score (nSPS) is 21.1. The third-order valence-corrected chi connectivity index (χ3v) is 4.14. The summed E-state index contributed by atoms with van der Waals surface area (Å²) >= 11 is 2.51. The predicted molar refractivity (Wildman–Crippen MR) is 74.8 cm³/mol. The lowest BCUT2D eigenvalue weighted by Crippen LogP contribution is -2.32. The second kappa shape index (κ2) is 5.98. The van der Waals surface area contributed by atoms with Crippen LogP contribution in [0.5, 0.6) is 0 Å². The molecule has 1 aromatic heterocycles. The molecule has 1 amide bonds. The molecule has 0 spiro atoms. The first-order valence-electron chi connectivity index (χ1n) is 5.40. The number of hydrogen-bond acceptors (Lipinski definition) is 6. The first-order chi connectivity index (χ1) is 9.11. The van der Waals surface area contributed by atoms with Crippen molar-refractivity contribution in [3.05, 3.63) is 24.2 Å². The SMILES string of the molecule is C=CCN1C(=O)C(CC(=O)O)S/C1=N/c1nccs1. The molecule has 2 rings (SSSR count). The lowest BCUT2D eigenvalue weighted by molar-refractivity contribution is -0.139. The summed E-state index contributed by atoms with van der Waals surface area (Å²) in [7, 11) is 0. The van der Waals surface area contributed by atoms with Crippen LogP contribution in [0.2, 0.25) is 0 Å². The summed E-state index contributed by atoms with van der Waals surface area (Å²) in [4.78, 5) is 32.5. The van der Waals surface area contributed by atoms with E-state index in [0.717, 1.165) is 11.8 Å². The van der Waals surface area contributed by atoms with Gasteiger partial charge in [-0.3, -0.25) is 14.5 Å². The molecular weight excluding hydrogens is 286 g/mol. The quantitative estimate of drug-likeness (QED) is 0.837. The number of amidine groups is 1. The number of carbonyl (C=O) groups is 2. The standard InChI is InChI=1S/C11H11N3O3S2/c1-2-4-14-9(17)7(6-8(15)16)19-11(14)13-10-12-3-5-18-10/h2-3,5,7H,1,4,6H2,(H,15,16)/b13-11+. The fraction of sp³-hybridized carbons (Fsp3) is 0.273. The van der Waals surface area contributed by atoms with E-state index in [4.69, 9.17) is 5.11 Å². The number of nitrogens with zero attached hydrogens (tertiary/aromatic N) is 3. The number of thioether (sulfide) groups is 1. The zero-order chi connectivity index (χ0) is 13.8. The van der Waals surface area contributed by atoms with E-state index in [9.17, 15) is 9.59 Å². The highest BCUT2D eigenvalue weighted by molar-refractivity contribution is 8.15. The minimum absolute atomic E-state index is 0.214. The Kier molecular flexibility index (Phi) is 4.33. The van der Waals surface area contributed by atoms with Crippen molar-refractivity contribution in [3.8, 4) is 0 Å². The van der Waals surface area contributed by atoms with Crippen LogP contribution in [0.1, 0.15) is 6.42 Å². The molecule has 1 saturated heterocycles. The van der Waals surface area contributed by atoms with Crippen LogP contribution in [-0.4, -0.2) is 43.8 Å². The average molecular weight is 297 g/mol. The maximum atomic E-state index is 12.1. The Balaban J connectivity index is 2.23. The van der Waals surface area contributed by atoms with E-state index >= 15 is 0 Å². The Labute approximate surface area is 117 Å². The Morgan fingerprint density at radius 2 is 2.47 bits per heavy atom. The smallest absolute Gasteiger partial charge is 0.305 e. The van der Waals surface area contributed by atoms with Gasteiger partial charge in [-0.05, 0) is 0 Å². The van der Waals surface area contributed by atoms with Crippen molar-refractivity contribution >= 4 is 45.3 Å². The number of carboxylic acid groups (broad SMARTS) is 1. The lowest BCUT2D eigenvalue weighted by atomic mass is 10.3. The van der Waals surface area contributed by atoms with Gasteiger partial charge in [0.15, 0.2) is 5.17 Å². The van der Waals surface area contributed by atoms with Gasteiger partial charge in [-0.2, -0.15) is 4.99 Å². The van der Waals surface area contributed by atoms with Gasteiger partial charge in [-0.1, -0.05) is 17.8 Å². The van der Waals surface area contributed by atoms with Gasteiger partial charge in [0.05, 0.1) is 6.42 Å². The number of thiazole rings is 1. The van der Waals surface area contributed by atoms with E-state index in [2.05, 4.69) is 16.6 Å². The molecule has 8 heteroatoms. The monoisotopic (exact) mass is 297 g/mol. The Morgan fingerprint density at radius 1 is 1.68 bits per heavy atom. The summed E-state index contributed by atoms with van der Waals surface area (Å²) in [5.74, 6) is -1.25. The third-order valence-electron chi connectivity index (χ3n) is 2.30. The summed E-state index contributed by atoms with van der Waals surface area (Å²) in [6.45, 7) is 3.90. The molecule has 1 aromatic rings. The Bertz CT molecular complexity index is 527. The molecule has 2 heterocycles. The number of amides is 1. The predicted octanol–water partition coefficient (Wildman–Crippen LogP) is 1.74. The summed E-state index contributed by atoms with van der Waals surface area (Å²) < 4.78 is 0. The first kappa shape index (κ1) is 13.8. The molecule has 100 valence electrons. The molecule has 0 radical (unpaired) electrons. The molecule has 6 nitrogen and oxygen atoms in total. The summed E-state index contributed by atoms with van der Waals surface area (Å²) in [5, 5.41) is 11.0. The van der Waals surface area contributed by atoms with Crippen molar-refractivity contribution in [2.24, 2.45) is 4.99 Å². The zero-order valence-corrected chi connectivity index (χ0v) is 11.5. The van der Waals surface area contributed by atoms with Gasteiger partial charge in [-0.15, -0.1) is 17.9 Å². The Morgan fingerprint density at radius 3 is 3.05 bits per heavy atom. The number of rotatable bonds is 5. The van der Waals surface area contributed by atoms with E-state index in [1.165, 1.54) is 16.2 Å². The maximum Gasteiger partial charge on any atom is 0.305 e. The zero-order valence-electron chi connectivity index (χ0n) is 9.85. The summed E-state index contributed by atoms with van der Waals surface area (Å²) in [5.41, 5.74) is 0. The molecule has 1 fully saturated rings. The van der Waals surface area contributed by atoms with Crippen LogP contribution in [0.4, 0.5) is 5.13 Å². The molecule has 1 aliphatic heterocycles. The molecule has 1 N–H and O–H groups in total. The fourth-order valence-electron chi connectivity index (χ4n) is 1.53. The number of aromatic nitrogens is 1. The first-order valence-corrected chi connectivity index (χ1v) is 7.16. The van der Waals surface area contributed by atoms with Gasteiger partial charge in [-0.25, -0.2) is 4.98 Å². The van der Waals surface area contributed by atoms with Crippen molar-refractivity contribution < 1.29 is 14.7 Å². The van der Waals surface area contributed by atoms with Crippen LogP contribution in [0.15, 0.2) is 29.2 Å². The summed E-state index contributed by atoms with van der Waals surface area (Å²) in [6, 6.07) is 0. The van der Waals surface area contributed by atoms with Gasteiger partial charge >= 0.3 is 5.97 Å². The van der Waals surface area contributed by atoms with Gasteiger partial charge < -0.3 is 5.11 Å². The number of hydrogen-bond donors (Lipinski definition) is 1. The van der Waals surface area contributed by atoms with Crippen molar-refractivity contribution in [2.75, 3.05) is 6.54 Å². The Hall–Kier alpha value is -1.67. The highest BCUT2D eigenvalue weighted by Gasteiger charge is 2.38. The van der Waals surface area contributed by atoms with Gasteiger partial charge in [0.1, 0.15) is 5.25 Å². The number of carbonyl (C=O) groups excluding carboxylic acids is 1. The van der Waals surface area contributed by atoms with Crippen LogP contribution in [-0.2, 0) is 9.59 Å². The molecule has 19 heavy (non-hydrogen) atoms. The van der Waals surface area contributed by atoms with Crippen LogP contribution >= 0.6 is 23.1 Å². The highest BCUT2D eigenvalue weighted by atomic mass is 32.2. The van der Waals surface area contributed by atoms with Crippen LogP contribution < -0.4 is 0 Å². The van der Waals surface area contributed by atoms with Crippen LogP contribution in [0.3, 0.4) is 0 Å². The highest BCUT2D eigenvalue weighted by Crippen LogP contribution is 2.31. The molecule has 0 bridgehead atoms. The van der Waals surface area contributed by atoms with E-state index < -0.39 is 11.2 Å². The van der Waals surface area contributed by atoms with Crippen molar-refractivity contribution in [1.82, 2.24) is 9.88 Å². The van der Waals surface area contributed by atoms with E-state index in [0.29, 0.717) is 16.8 Å². The number of carboxylic acids is 1. The van der Waals surface area contributed by atoms with E-state index in [1.807, 2.05) is 0 Å². The minimum Gasteiger partial charge on any atom is -0.481 e. The molecule has 0 saturated carbocycles. The summed E-state index contributed by atoms with van der Waals surface area (Å²) in [6.07, 6.45) is 2.99. The van der Waals surface area contributed by atoms with Crippen LogP contribution in [0.25, 0.3) is 0 Å². The van der Waals surface area contributed by atoms with Gasteiger partial charge in [0.2, 0.25) is 11.0 Å². The number of aliphatic carboxylic acids is 1. The maximum absolute atomic E-state index is 12.1. The van der Waals surface area contributed by atoms with Gasteiger partial charge in [0.25, 0.3) is 0 Å². The van der Waals surface area contributed by atoms with E-state index in [1.54, 1.807) is 17.7 Å². The molecule has 1 aliphatic rings. The average Bonchev–Trinajstić information content (AvgIpc) is 2.94.